The molecule has 0 saturated heterocycles. The summed E-state index contributed by atoms with van der Waals surface area (Å²) in [6, 6.07) is 14.8. The minimum Gasteiger partial charge on any atom is -0.326 e. The minimum atomic E-state index is -5.22. The third-order valence-electron chi connectivity index (χ3n) is 6.57. The van der Waals surface area contributed by atoms with Gasteiger partial charge in [-0.25, -0.2) is 0 Å². The fourth-order valence-corrected chi connectivity index (χ4v) is 4.70. The van der Waals surface area contributed by atoms with Crippen LogP contribution < -0.4 is 5.32 Å². The third kappa shape index (κ3) is 4.26. The van der Waals surface area contributed by atoms with Crippen LogP contribution in [0.3, 0.4) is 0 Å². The lowest BCUT2D eigenvalue weighted by molar-refractivity contribution is -0.190. The summed E-state index contributed by atoms with van der Waals surface area (Å²) in [5.74, 6) is -3.19. The van der Waals surface area contributed by atoms with Crippen molar-refractivity contribution in [2.75, 3.05) is 0 Å². The fraction of sp³-hybridized carbons (Fsp3) is 0.370. The van der Waals surface area contributed by atoms with Crippen LogP contribution in [-0.2, 0) is 21.5 Å². The van der Waals surface area contributed by atoms with Gasteiger partial charge in [-0.1, -0.05) is 63.2 Å². The van der Waals surface area contributed by atoms with E-state index in [4.69, 9.17) is 0 Å². The highest BCUT2D eigenvalue weighted by Gasteiger charge is 2.70. The Balaban J connectivity index is 1.77. The van der Waals surface area contributed by atoms with Crippen molar-refractivity contribution in [1.29, 1.82) is 0 Å². The SMILES string of the molecule is CC(C)(C)c1ccc(C(=O)NC2(C(F)(F)F)C(=O)N(Cc3ccccc3)C3=C2C(=O)CCC3)cc1. The zero-order chi connectivity index (χ0) is 25.6. The highest BCUT2D eigenvalue weighted by Crippen LogP contribution is 2.48. The van der Waals surface area contributed by atoms with E-state index in [1.165, 1.54) is 12.1 Å². The monoisotopic (exact) mass is 484 g/mol. The van der Waals surface area contributed by atoms with Crippen LogP contribution in [0.25, 0.3) is 0 Å². The number of carbonyl (C=O) groups excluding carboxylic acids is 3. The summed E-state index contributed by atoms with van der Waals surface area (Å²) in [6.07, 6.45) is -4.84. The second-order valence-electron chi connectivity index (χ2n) is 10.0. The maximum atomic E-state index is 14.8. The molecule has 0 fully saturated rings. The Labute approximate surface area is 202 Å². The number of hydrogen-bond acceptors (Lipinski definition) is 3. The second kappa shape index (κ2) is 8.66. The maximum absolute atomic E-state index is 14.8. The van der Waals surface area contributed by atoms with E-state index in [2.05, 4.69) is 0 Å². The quantitative estimate of drug-likeness (QED) is 0.660. The van der Waals surface area contributed by atoms with Crippen molar-refractivity contribution in [3.05, 3.63) is 82.6 Å². The van der Waals surface area contributed by atoms with Gasteiger partial charge in [-0.3, -0.25) is 14.4 Å². The van der Waals surface area contributed by atoms with Gasteiger partial charge in [0.25, 0.3) is 11.8 Å². The summed E-state index contributed by atoms with van der Waals surface area (Å²) in [5.41, 5.74) is -2.76. The second-order valence-corrected chi connectivity index (χ2v) is 10.0. The number of allylic oxidation sites excluding steroid dienone is 1. The number of halogens is 3. The highest BCUT2D eigenvalue weighted by atomic mass is 19.4. The van der Waals surface area contributed by atoms with Gasteiger partial charge in [0.2, 0.25) is 5.54 Å². The van der Waals surface area contributed by atoms with E-state index in [-0.39, 0.29) is 36.1 Å². The Morgan fingerprint density at radius 1 is 0.971 bits per heavy atom. The predicted molar refractivity (Wildman–Crippen MR) is 124 cm³/mol. The summed E-state index contributed by atoms with van der Waals surface area (Å²) in [7, 11) is 0. The van der Waals surface area contributed by atoms with Crippen LogP contribution in [0.2, 0.25) is 0 Å². The first-order valence-electron chi connectivity index (χ1n) is 11.5. The Morgan fingerprint density at radius 2 is 1.60 bits per heavy atom. The van der Waals surface area contributed by atoms with Crippen molar-refractivity contribution >= 4 is 17.6 Å². The van der Waals surface area contributed by atoms with Gasteiger partial charge >= 0.3 is 6.18 Å². The lowest BCUT2D eigenvalue weighted by Gasteiger charge is -2.33. The summed E-state index contributed by atoms with van der Waals surface area (Å²) >= 11 is 0. The van der Waals surface area contributed by atoms with Gasteiger partial charge < -0.3 is 10.2 Å². The molecule has 5 nitrogen and oxygen atoms in total. The maximum Gasteiger partial charge on any atom is 0.425 e. The summed E-state index contributed by atoms with van der Waals surface area (Å²) in [6.45, 7) is 5.80. The van der Waals surface area contributed by atoms with E-state index in [0.717, 1.165) is 10.5 Å². The zero-order valence-electron chi connectivity index (χ0n) is 19.8. The molecule has 0 aromatic heterocycles. The van der Waals surface area contributed by atoms with Crippen molar-refractivity contribution in [3.8, 4) is 0 Å². The van der Waals surface area contributed by atoms with E-state index in [1.807, 2.05) is 26.1 Å². The molecule has 8 heteroatoms. The first-order valence-corrected chi connectivity index (χ1v) is 11.5. The average molecular weight is 485 g/mol. The molecule has 2 amide bonds. The molecule has 2 aromatic carbocycles. The van der Waals surface area contributed by atoms with E-state index in [0.29, 0.717) is 12.0 Å². The zero-order valence-corrected chi connectivity index (χ0v) is 19.8. The molecule has 0 spiro atoms. The molecule has 1 atom stereocenters. The number of carbonyl (C=O) groups is 3. The number of ketones is 1. The molecule has 1 heterocycles. The standard InChI is InChI=1S/C27H27F3N2O3/c1-25(2,3)19-14-12-18(13-15-19)23(34)31-26(27(28,29)30)22-20(10-7-11-21(22)33)32(24(26)35)16-17-8-5-4-6-9-17/h4-6,8-9,12-15H,7,10-11,16H2,1-3H3,(H,31,34). The number of nitrogens with zero attached hydrogens (tertiary/aromatic N) is 1. The van der Waals surface area contributed by atoms with Crippen LogP contribution in [0.4, 0.5) is 13.2 Å². The summed E-state index contributed by atoms with van der Waals surface area (Å²) in [4.78, 5) is 40.5. The van der Waals surface area contributed by atoms with E-state index >= 15 is 0 Å². The van der Waals surface area contributed by atoms with Gasteiger partial charge in [-0.05, 0) is 41.5 Å². The average Bonchev–Trinajstić information content (AvgIpc) is 3.03. The third-order valence-corrected chi connectivity index (χ3v) is 6.57. The number of benzene rings is 2. The largest absolute Gasteiger partial charge is 0.425 e. The molecule has 1 N–H and O–H groups in total. The topological polar surface area (TPSA) is 66.5 Å². The minimum absolute atomic E-state index is 0.0265. The Kier molecular flexibility index (Phi) is 6.11. The summed E-state index contributed by atoms with van der Waals surface area (Å²) in [5, 5.41) is 1.97. The van der Waals surface area contributed by atoms with Crippen LogP contribution in [-0.4, -0.2) is 34.2 Å². The van der Waals surface area contributed by atoms with Crippen molar-refractivity contribution in [2.45, 2.75) is 63.7 Å². The van der Waals surface area contributed by atoms with Crippen LogP contribution in [0.5, 0.6) is 0 Å². The molecule has 0 radical (unpaired) electrons. The number of Topliss-reactive ketones (excluding diaryl/α,β-unsaturated/α-hetero) is 1. The molecular formula is C27H27F3N2O3. The molecular weight excluding hydrogens is 457 g/mol. The van der Waals surface area contributed by atoms with Crippen molar-refractivity contribution in [2.24, 2.45) is 0 Å². The van der Waals surface area contributed by atoms with E-state index in [9.17, 15) is 27.6 Å². The van der Waals surface area contributed by atoms with Gasteiger partial charge in [-0.2, -0.15) is 13.2 Å². The van der Waals surface area contributed by atoms with Gasteiger partial charge in [0, 0.05) is 17.7 Å². The van der Waals surface area contributed by atoms with Crippen LogP contribution >= 0.6 is 0 Å². The molecule has 35 heavy (non-hydrogen) atoms. The fourth-order valence-electron chi connectivity index (χ4n) is 4.70. The van der Waals surface area contributed by atoms with Crippen molar-refractivity contribution < 1.29 is 27.6 Å². The van der Waals surface area contributed by atoms with Crippen LogP contribution in [0, 0.1) is 0 Å². The van der Waals surface area contributed by atoms with Crippen molar-refractivity contribution in [3.63, 3.8) is 0 Å². The lowest BCUT2D eigenvalue weighted by atomic mass is 9.81. The number of alkyl halides is 3. The predicted octanol–water partition coefficient (Wildman–Crippen LogP) is 5.06. The molecule has 184 valence electrons. The number of rotatable bonds is 4. The van der Waals surface area contributed by atoms with Crippen LogP contribution in [0.15, 0.2) is 65.9 Å². The number of amides is 2. The molecule has 2 aromatic rings. The Bertz CT molecular complexity index is 1190. The van der Waals surface area contributed by atoms with Crippen LogP contribution in [0.1, 0.15) is 61.5 Å². The molecule has 1 unspecified atom stereocenters. The first kappa shape index (κ1) is 24.7. The van der Waals surface area contributed by atoms with Gasteiger partial charge in [0.05, 0.1) is 12.1 Å². The Morgan fingerprint density at radius 3 is 2.17 bits per heavy atom. The molecule has 1 aliphatic heterocycles. The number of hydrogen-bond donors (Lipinski definition) is 1. The molecule has 0 bridgehead atoms. The van der Waals surface area contributed by atoms with E-state index < -0.39 is 34.9 Å². The molecule has 1 aliphatic carbocycles. The normalized spacial score (nSPS) is 20.8. The number of nitrogens with one attached hydrogen (secondary N) is 1. The van der Waals surface area contributed by atoms with Gasteiger partial charge in [0.15, 0.2) is 5.78 Å². The van der Waals surface area contributed by atoms with Crippen molar-refractivity contribution in [1.82, 2.24) is 10.2 Å². The smallest absolute Gasteiger partial charge is 0.326 e. The molecule has 0 saturated carbocycles. The molecule has 2 aliphatic rings. The highest BCUT2D eigenvalue weighted by molar-refractivity contribution is 6.14. The first-order chi connectivity index (χ1) is 16.4. The van der Waals surface area contributed by atoms with Gasteiger partial charge in [0.1, 0.15) is 0 Å². The Hall–Kier alpha value is -3.42. The molecule has 4 rings (SSSR count). The van der Waals surface area contributed by atoms with E-state index in [1.54, 1.807) is 42.5 Å². The summed E-state index contributed by atoms with van der Waals surface area (Å²) < 4.78 is 44.3. The lowest BCUT2D eigenvalue weighted by Crippen LogP contribution is -2.66. The van der Waals surface area contributed by atoms with Gasteiger partial charge in [-0.15, -0.1) is 0 Å².